The second-order valence-corrected chi connectivity index (χ2v) is 2.01. The van der Waals surface area contributed by atoms with Gasteiger partial charge in [-0.25, -0.2) is 5.43 Å². The fourth-order valence-electron chi connectivity index (χ4n) is 0.727. The van der Waals surface area contributed by atoms with Crippen molar-refractivity contribution in [2.45, 2.75) is 5.79 Å². The zero-order valence-corrected chi connectivity index (χ0v) is 5.76. The smallest absolute Gasteiger partial charge is 0.305 e. The molecule has 0 aromatic heterocycles. The van der Waals surface area contributed by atoms with Gasteiger partial charge in [0.2, 0.25) is 0 Å². The first-order valence-corrected chi connectivity index (χ1v) is 2.83. The fourth-order valence-corrected chi connectivity index (χ4v) is 0.727. The molecule has 0 aliphatic carbocycles. The van der Waals surface area contributed by atoms with Crippen LogP contribution >= 0.6 is 0 Å². The van der Waals surface area contributed by atoms with E-state index in [0.717, 1.165) is 6.20 Å². The Kier molecular flexibility index (Phi) is 1.83. The van der Waals surface area contributed by atoms with Gasteiger partial charge in [0.25, 0.3) is 5.79 Å². The molecule has 0 amide bonds. The van der Waals surface area contributed by atoms with Gasteiger partial charge in [-0.1, -0.05) is 0 Å². The van der Waals surface area contributed by atoms with Gasteiger partial charge in [0.05, 0.1) is 11.1 Å². The van der Waals surface area contributed by atoms with E-state index >= 15 is 0 Å². The number of nitro groups is 1. The maximum absolute atomic E-state index is 10.3. The number of azide groups is 1. The summed E-state index contributed by atoms with van der Waals surface area (Å²) in [4.78, 5) is 11.9. The number of nitrogens with two attached hydrogens (primary N) is 1. The molecule has 64 valence electrons. The molecule has 0 aromatic carbocycles. The molecule has 1 aliphatic rings. The molecule has 1 heterocycles. The van der Waals surface area contributed by atoms with E-state index in [9.17, 15) is 10.1 Å². The molecule has 0 spiro atoms. The van der Waals surface area contributed by atoms with Gasteiger partial charge in [0.1, 0.15) is 0 Å². The molecular formula is C3H5N7O2. The summed E-state index contributed by atoms with van der Waals surface area (Å²) in [6.07, 6.45) is 1.02. The monoisotopic (exact) mass is 171 g/mol. The van der Waals surface area contributed by atoms with Crippen molar-refractivity contribution >= 4 is 0 Å². The van der Waals surface area contributed by atoms with Gasteiger partial charge in [-0.3, -0.25) is 15.8 Å². The molecule has 9 nitrogen and oxygen atoms in total. The standard InChI is InChI=1S/C3H5N7O2/c4-3(8-9-5)2(10(11)12)1-6-7-3/h1,6-7H,4H2. The van der Waals surface area contributed by atoms with Crippen molar-refractivity contribution in [2.24, 2.45) is 10.8 Å². The molecule has 0 aromatic rings. The van der Waals surface area contributed by atoms with Gasteiger partial charge in [0.15, 0.2) is 0 Å². The molecule has 1 aliphatic heterocycles. The van der Waals surface area contributed by atoms with Crippen LogP contribution in [0.5, 0.6) is 0 Å². The lowest BCUT2D eigenvalue weighted by molar-refractivity contribution is -0.434. The van der Waals surface area contributed by atoms with Crippen molar-refractivity contribution in [3.05, 3.63) is 32.5 Å². The molecule has 0 bridgehead atoms. The van der Waals surface area contributed by atoms with Gasteiger partial charge >= 0.3 is 5.70 Å². The van der Waals surface area contributed by atoms with E-state index in [4.69, 9.17) is 11.3 Å². The topological polar surface area (TPSA) is 142 Å². The molecule has 9 heteroatoms. The summed E-state index contributed by atoms with van der Waals surface area (Å²) < 4.78 is 0. The van der Waals surface area contributed by atoms with Crippen LogP contribution in [0, 0.1) is 10.1 Å². The maximum Gasteiger partial charge on any atom is 0.305 e. The Hall–Kier alpha value is -1.83. The third kappa shape index (κ3) is 1.14. The Morgan fingerprint density at radius 3 is 3.08 bits per heavy atom. The van der Waals surface area contributed by atoms with E-state index < -0.39 is 16.4 Å². The van der Waals surface area contributed by atoms with Crippen molar-refractivity contribution in [2.75, 3.05) is 0 Å². The van der Waals surface area contributed by atoms with E-state index in [0.29, 0.717) is 0 Å². The third-order valence-corrected chi connectivity index (χ3v) is 1.26. The highest BCUT2D eigenvalue weighted by molar-refractivity contribution is 5.13. The summed E-state index contributed by atoms with van der Waals surface area (Å²) in [5, 5.41) is 13.3. The number of hydrogen-bond acceptors (Lipinski definition) is 6. The maximum atomic E-state index is 10.3. The highest BCUT2D eigenvalue weighted by Crippen LogP contribution is 2.15. The van der Waals surface area contributed by atoms with E-state index in [-0.39, 0.29) is 0 Å². The summed E-state index contributed by atoms with van der Waals surface area (Å²) in [6, 6.07) is 0. The van der Waals surface area contributed by atoms with Crippen molar-refractivity contribution in [3.8, 4) is 0 Å². The number of hydrogen-bond donors (Lipinski definition) is 3. The second-order valence-electron chi connectivity index (χ2n) is 2.01. The average Bonchev–Trinajstić information content (AvgIpc) is 2.32. The van der Waals surface area contributed by atoms with Crippen molar-refractivity contribution in [1.82, 2.24) is 10.9 Å². The first-order valence-electron chi connectivity index (χ1n) is 2.83. The molecule has 0 radical (unpaired) electrons. The fraction of sp³-hybridized carbons (Fsp3) is 0.333. The first-order chi connectivity index (χ1) is 5.60. The van der Waals surface area contributed by atoms with Crippen LogP contribution in [0.4, 0.5) is 0 Å². The zero-order valence-electron chi connectivity index (χ0n) is 5.76. The summed E-state index contributed by atoms with van der Waals surface area (Å²) in [5.41, 5.74) is 17.5. The van der Waals surface area contributed by atoms with Crippen LogP contribution in [0.3, 0.4) is 0 Å². The van der Waals surface area contributed by atoms with E-state index in [1.54, 1.807) is 0 Å². The van der Waals surface area contributed by atoms with Gasteiger partial charge in [0, 0.05) is 4.91 Å². The van der Waals surface area contributed by atoms with Crippen LogP contribution in [-0.2, 0) is 0 Å². The SMILES string of the molecule is [N-]=[N+]=NC1(N)NNC=C1[N+](=O)[O-]. The molecule has 0 saturated heterocycles. The minimum Gasteiger partial charge on any atom is -0.320 e. The molecule has 4 N–H and O–H groups in total. The Balaban J connectivity index is 3.01. The van der Waals surface area contributed by atoms with Crippen molar-refractivity contribution < 1.29 is 4.92 Å². The lowest BCUT2D eigenvalue weighted by Crippen LogP contribution is -2.53. The Labute approximate surface area is 66.0 Å². The van der Waals surface area contributed by atoms with E-state index in [2.05, 4.69) is 20.9 Å². The number of hydrazine groups is 1. The molecule has 0 saturated carbocycles. The molecule has 1 unspecified atom stereocenters. The van der Waals surface area contributed by atoms with Crippen molar-refractivity contribution in [1.29, 1.82) is 0 Å². The third-order valence-electron chi connectivity index (χ3n) is 1.26. The summed E-state index contributed by atoms with van der Waals surface area (Å²) >= 11 is 0. The number of nitrogens with zero attached hydrogens (tertiary/aromatic N) is 4. The molecule has 1 rings (SSSR count). The Morgan fingerprint density at radius 2 is 2.58 bits per heavy atom. The van der Waals surface area contributed by atoms with Gasteiger partial charge in [-0.2, -0.15) is 0 Å². The summed E-state index contributed by atoms with van der Waals surface area (Å²) in [6.45, 7) is 0. The number of rotatable bonds is 2. The predicted octanol–water partition coefficient (Wildman–Crippen LogP) is -0.865. The van der Waals surface area contributed by atoms with Gasteiger partial charge < -0.3 is 5.43 Å². The Bertz CT molecular complexity index is 291. The van der Waals surface area contributed by atoms with E-state index in [1.165, 1.54) is 0 Å². The lowest BCUT2D eigenvalue weighted by Gasteiger charge is -2.13. The zero-order chi connectivity index (χ0) is 9.19. The predicted molar refractivity (Wildman–Crippen MR) is 37.4 cm³/mol. The second kappa shape index (κ2) is 2.66. The summed E-state index contributed by atoms with van der Waals surface area (Å²) in [7, 11) is 0. The first kappa shape index (κ1) is 8.27. The summed E-state index contributed by atoms with van der Waals surface area (Å²) in [5.74, 6) is -1.81. The van der Waals surface area contributed by atoms with E-state index in [1.807, 2.05) is 0 Å². The van der Waals surface area contributed by atoms with Crippen LogP contribution in [0.25, 0.3) is 10.4 Å². The van der Waals surface area contributed by atoms with Crippen molar-refractivity contribution in [3.63, 3.8) is 0 Å². The number of nitrogens with one attached hydrogen (secondary N) is 2. The minimum absolute atomic E-state index is 0.430. The van der Waals surface area contributed by atoms with Crippen LogP contribution < -0.4 is 16.6 Å². The van der Waals surface area contributed by atoms with Crippen LogP contribution in [0.1, 0.15) is 0 Å². The van der Waals surface area contributed by atoms with Crippen LogP contribution in [0.2, 0.25) is 0 Å². The Morgan fingerprint density at radius 1 is 1.92 bits per heavy atom. The molecule has 12 heavy (non-hydrogen) atoms. The minimum atomic E-state index is -1.81. The molecule has 1 atom stereocenters. The quantitative estimate of drug-likeness (QED) is 0.163. The van der Waals surface area contributed by atoms with Crippen LogP contribution in [0.15, 0.2) is 17.0 Å². The normalized spacial score (nSPS) is 26.9. The lowest BCUT2D eigenvalue weighted by atomic mass is 10.3. The highest BCUT2D eigenvalue weighted by Gasteiger charge is 2.42. The van der Waals surface area contributed by atoms with Gasteiger partial charge in [-0.15, -0.1) is 0 Å². The average molecular weight is 171 g/mol. The molecular weight excluding hydrogens is 166 g/mol. The molecule has 0 fully saturated rings. The van der Waals surface area contributed by atoms with Gasteiger partial charge in [-0.05, 0) is 10.6 Å². The van der Waals surface area contributed by atoms with Crippen LogP contribution in [-0.4, -0.2) is 10.7 Å². The highest BCUT2D eigenvalue weighted by atomic mass is 16.6. The largest absolute Gasteiger partial charge is 0.320 e.